The van der Waals surface area contributed by atoms with Crippen LogP contribution >= 0.6 is 11.8 Å². The zero-order valence-electron chi connectivity index (χ0n) is 14.7. The summed E-state index contributed by atoms with van der Waals surface area (Å²) < 4.78 is 7.67. The minimum absolute atomic E-state index is 0.877. The van der Waals surface area contributed by atoms with E-state index in [9.17, 15) is 0 Å². The first kappa shape index (κ1) is 17.0. The van der Waals surface area contributed by atoms with E-state index >= 15 is 0 Å². The zero-order chi connectivity index (χ0) is 17.1. The van der Waals surface area contributed by atoms with Crippen molar-refractivity contribution in [3.63, 3.8) is 0 Å². The Morgan fingerprint density at radius 1 is 1.08 bits per heavy atom. The van der Waals surface area contributed by atoms with Crippen molar-refractivity contribution in [3.05, 3.63) is 29.8 Å². The van der Waals surface area contributed by atoms with Crippen molar-refractivity contribution in [2.45, 2.75) is 25.2 Å². The van der Waals surface area contributed by atoms with Gasteiger partial charge >= 0.3 is 0 Å². The highest BCUT2D eigenvalue weighted by Crippen LogP contribution is 2.30. The summed E-state index contributed by atoms with van der Waals surface area (Å²) in [4.78, 5) is 4.99. The molecule has 4 rings (SSSR count). The second-order valence-electron chi connectivity index (χ2n) is 6.67. The van der Waals surface area contributed by atoms with Gasteiger partial charge in [-0.25, -0.2) is 0 Å². The quantitative estimate of drug-likeness (QED) is 0.816. The molecule has 3 heterocycles. The summed E-state index contributed by atoms with van der Waals surface area (Å²) in [6.45, 7) is 9.17. The number of morpholine rings is 1. The highest BCUT2D eigenvalue weighted by atomic mass is 32.2. The van der Waals surface area contributed by atoms with Crippen molar-refractivity contribution < 1.29 is 4.74 Å². The largest absolute Gasteiger partial charge is 0.379 e. The van der Waals surface area contributed by atoms with Crippen LogP contribution in [0.3, 0.4) is 0 Å². The maximum atomic E-state index is 5.42. The maximum absolute atomic E-state index is 5.42. The SMILES string of the molecule is Cc1ccccc1-c1nnc2n1CN(CCCN1CCOCC1)CS2. The molecule has 0 N–H and O–H groups in total. The Kier molecular flexibility index (Phi) is 5.36. The van der Waals surface area contributed by atoms with Crippen LogP contribution in [0.4, 0.5) is 0 Å². The Morgan fingerprint density at radius 3 is 2.72 bits per heavy atom. The van der Waals surface area contributed by atoms with Gasteiger partial charge in [-0.15, -0.1) is 10.2 Å². The van der Waals surface area contributed by atoms with Gasteiger partial charge in [-0.2, -0.15) is 0 Å². The lowest BCUT2D eigenvalue weighted by atomic mass is 10.1. The molecule has 0 atom stereocenters. The molecule has 1 aromatic heterocycles. The molecule has 0 spiro atoms. The van der Waals surface area contributed by atoms with E-state index in [1.807, 2.05) is 0 Å². The summed E-state index contributed by atoms with van der Waals surface area (Å²) in [6.07, 6.45) is 1.19. The molecule has 2 aromatic rings. The van der Waals surface area contributed by atoms with Gasteiger partial charge in [0.05, 0.1) is 25.8 Å². The van der Waals surface area contributed by atoms with Gasteiger partial charge in [-0.1, -0.05) is 36.0 Å². The fraction of sp³-hybridized carbons (Fsp3) is 0.556. The number of rotatable bonds is 5. The molecule has 0 aliphatic carbocycles. The fourth-order valence-corrected chi connectivity index (χ4v) is 4.32. The summed E-state index contributed by atoms with van der Waals surface area (Å²) >= 11 is 1.79. The molecule has 1 fully saturated rings. The van der Waals surface area contributed by atoms with Crippen LogP contribution in [0, 0.1) is 6.92 Å². The standard InChI is InChI=1S/C18H25N5OS/c1-15-5-2-3-6-16(15)17-19-20-18-23(17)13-22(14-25-18)8-4-7-21-9-11-24-12-10-21/h2-3,5-6H,4,7-14H2,1H3. The lowest BCUT2D eigenvalue weighted by Crippen LogP contribution is -2.38. The lowest BCUT2D eigenvalue weighted by molar-refractivity contribution is 0.0359. The summed E-state index contributed by atoms with van der Waals surface area (Å²) in [6, 6.07) is 8.40. The molecule has 1 aromatic carbocycles. The molecule has 1 saturated heterocycles. The van der Waals surface area contributed by atoms with Crippen molar-refractivity contribution in [2.75, 3.05) is 45.3 Å². The zero-order valence-corrected chi connectivity index (χ0v) is 15.5. The van der Waals surface area contributed by atoms with Crippen LogP contribution in [0.2, 0.25) is 0 Å². The van der Waals surface area contributed by atoms with Crippen LogP contribution in [0.5, 0.6) is 0 Å². The van der Waals surface area contributed by atoms with Gasteiger partial charge in [0.1, 0.15) is 0 Å². The Hall–Kier alpha value is -1.41. The van der Waals surface area contributed by atoms with E-state index < -0.39 is 0 Å². The predicted molar refractivity (Wildman–Crippen MR) is 99.5 cm³/mol. The molecule has 2 aliphatic heterocycles. The van der Waals surface area contributed by atoms with E-state index in [0.29, 0.717) is 0 Å². The Balaban J connectivity index is 1.39. The molecule has 0 radical (unpaired) electrons. The average molecular weight is 359 g/mol. The van der Waals surface area contributed by atoms with Crippen molar-refractivity contribution >= 4 is 11.8 Å². The van der Waals surface area contributed by atoms with E-state index in [1.165, 1.54) is 17.5 Å². The Bertz CT molecular complexity index is 713. The molecule has 6 nitrogen and oxygen atoms in total. The Labute approximate surface area is 153 Å². The number of ether oxygens (including phenoxy) is 1. The van der Waals surface area contributed by atoms with E-state index in [0.717, 1.165) is 62.9 Å². The van der Waals surface area contributed by atoms with Crippen molar-refractivity contribution in [1.29, 1.82) is 0 Å². The number of fused-ring (bicyclic) bond motifs is 1. The van der Waals surface area contributed by atoms with Gasteiger partial charge < -0.3 is 4.74 Å². The maximum Gasteiger partial charge on any atom is 0.193 e. The van der Waals surface area contributed by atoms with E-state index in [-0.39, 0.29) is 0 Å². The third-order valence-electron chi connectivity index (χ3n) is 4.87. The van der Waals surface area contributed by atoms with Crippen LogP contribution in [0.25, 0.3) is 11.4 Å². The number of aromatic nitrogens is 3. The van der Waals surface area contributed by atoms with Crippen LogP contribution < -0.4 is 0 Å². The van der Waals surface area contributed by atoms with Gasteiger partial charge in [-0.05, 0) is 25.5 Å². The van der Waals surface area contributed by atoms with Gasteiger partial charge in [0.2, 0.25) is 0 Å². The smallest absolute Gasteiger partial charge is 0.193 e. The normalized spacial score (nSPS) is 19.1. The minimum atomic E-state index is 0.877. The van der Waals surface area contributed by atoms with Crippen LogP contribution in [-0.4, -0.2) is 69.8 Å². The minimum Gasteiger partial charge on any atom is -0.379 e. The molecule has 0 unspecified atom stereocenters. The van der Waals surface area contributed by atoms with Gasteiger partial charge in [-0.3, -0.25) is 14.4 Å². The molecule has 7 heteroatoms. The monoisotopic (exact) mass is 359 g/mol. The number of thioether (sulfide) groups is 1. The first-order valence-electron chi connectivity index (χ1n) is 8.96. The summed E-state index contributed by atoms with van der Waals surface area (Å²) in [5, 5.41) is 9.88. The molecule has 134 valence electrons. The molecule has 0 amide bonds. The molecular weight excluding hydrogens is 334 g/mol. The highest BCUT2D eigenvalue weighted by molar-refractivity contribution is 7.99. The first-order chi connectivity index (χ1) is 12.3. The van der Waals surface area contributed by atoms with Crippen LogP contribution in [0.1, 0.15) is 12.0 Å². The molecule has 0 bridgehead atoms. The third-order valence-corrected chi connectivity index (χ3v) is 5.93. The van der Waals surface area contributed by atoms with Gasteiger partial charge in [0.15, 0.2) is 11.0 Å². The molecular formula is C18H25N5OS. The van der Waals surface area contributed by atoms with Crippen LogP contribution in [-0.2, 0) is 11.4 Å². The third kappa shape index (κ3) is 3.89. The number of benzene rings is 1. The lowest BCUT2D eigenvalue weighted by Gasteiger charge is -2.30. The topological polar surface area (TPSA) is 46.4 Å². The van der Waals surface area contributed by atoms with Crippen molar-refractivity contribution in [1.82, 2.24) is 24.6 Å². The number of hydrogen-bond acceptors (Lipinski definition) is 6. The van der Waals surface area contributed by atoms with Gasteiger partial charge in [0.25, 0.3) is 0 Å². The van der Waals surface area contributed by atoms with E-state index in [2.05, 4.69) is 55.8 Å². The Morgan fingerprint density at radius 2 is 1.88 bits per heavy atom. The number of hydrogen-bond donors (Lipinski definition) is 0. The first-order valence-corrected chi connectivity index (χ1v) is 9.94. The average Bonchev–Trinajstić information content (AvgIpc) is 3.06. The summed E-state index contributed by atoms with van der Waals surface area (Å²) in [7, 11) is 0. The van der Waals surface area contributed by atoms with E-state index in [4.69, 9.17) is 4.74 Å². The molecule has 2 aliphatic rings. The molecule has 25 heavy (non-hydrogen) atoms. The highest BCUT2D eigenvalue weighted by Gasteiger charge is 2.23. The molecule has 0 saturated carbocycles. The second-order valence-corrected chi connectivity index (χ2v) is 7.58. The van der Waals surface area contributed by atoms with Gasteiger partial charge in [0, 0.05) is 25.2 Å². The van der Waals surface area contributed by atoms with Crippen molar-refractivity contribution in [3.8, 4) is 11.4 Å². The second kappa shape index (κ2) is 7.86. The number of aryl methyl sites for hydroxylation is 1. The van der Waals surface area contributed by atoms with E-state index in [1.54, 1.807) is 11.8 Å². The fourth-order valence-electron chi connectivity index (χ4n) is 3.41. The number of nitrogens with zero attached hydrogens (tertiary/aromatic N) is 5. The predicted octanol–water partition coefficient (Wildman–Crippen LogP) is 2.30. The van der Waals surface area contributed by atoms with Crippen molar-refractivity contribution in [2.24, 2.45) is 0 Å². The van der Waals surface area contributed by atoms with Crippen LogP contribution in [0.15, 0.2) is 29.4 Å². The summed E-state index contributed by atoms with van der Waals surface area (Å²) in [5.41, 5.74) is 2.42. The summed E-state index contributed by atoms with van der Waals surface area (Å²) in [5.74, 6) is 1.98.